The molecule has 2 rings (SSSR count). The Labute approximate surface area is 106 Å². The highest BCUT2D eigenvalue weighted by molar-refractivity contribution is 9.10. The molecule has 2 heterocycles. The molecule has 0 aromatic carbocycles. The van der Waals surface area contributed by atoms with Crippen LogP contribution >= 0.6 is 15.9 Å². The van der Waals surface area contributed by atoms with E-state index in [9.17, 15) is 9.59 Å². The highest BCUT2D eigenvalue weighted by Crippen LogP contribution is 2.26. The fraction of sp³-hybridized carbons (Fsp3) is 0.333. The third-order valence-corrected chi connectivity index (χ3v) is 3.29. The van der Waals surface area contributed by atoms with Gasteiger partial charge in [0, 0.05) is 7.05 Å². The zero-order chi connectivity index (χ0) is 12.6. The highest BCUT2D eigenvalue weighted by atomic mass is 79.9. The summed E-state index contributed by atoms with van der Waals surface area (Å²) < 4.78 is 0.481. The van der Waals surface area contributed by atoms with Gasteiger partial charge in [-0.05, 0) is 15.9 Å². The maximum atomic E-state index is 11.7. The molecule has 1 aliphatic heterocycles. The van der Waals surface area contributed by atoms with E-state index in [-0.39, 0.29) is 24.1 Å². The van der Waals surface area contributed by atoms with E-state index in [1.54, 1.807) is 0 Å². The van der Waals surface area contributed by atoms with Crippen LogP contribution in [-0.4, -0.2) is 39.8 Å². The van der Waals surface area contributed by atoms with Gasteiger partial charge in [-0.1, -0.05) is 0 Å². The monoisotopic (exact) mass is 299 g/mol. The number of aromatic nitrogens is 2. The summed E-state index contributed by atoms with van der Waals surface area (Å²) in [5, 5.41) is 2.87. The van der Waals surface area contributed by atoms with E-state index in [4.69, 9.17) is 5.73 Å². The second-order valence-corrected chi connectivity index (χ2v) is 4.41. The molecule has 0 aliphatic carbocycles. The Balaban J connectivity index is 2.20. The van der Waals surface area contributed by atoms with E-state index >= 15 is 0 Å². The number of carbonyl (C=O) groups excluding carboxylic acids is 2. The van der Waals surface area contributed by atoms with Gasteiger partial charge in [-0.2, -0.15) is 0 Å². The third-order valence-electron chi connectivity index (χ3n) is 2.51. The Bertz CT molecular complexity index is 492. The molecule has 1 aromatic rings. The zero-order valence-electron chi connectivity index (χ0n) is 8.98. The minimum Gasteiger partial charge on any atom is -0.383 e. The van der Waals surface area contributed by atoms with Crippen LogP contribution in [0.5, 0.6) is 0 Å². The van der Waals surface area contributed by atoms with Crippen LogP contribution in [0.3, 0.4) is 0 Å². The van der Waals surface area contributed by atoms with Gasteiger partial charge in [-0.15, -0.1) is 0 Å². The van der Waals surface area contributed by atoms with Crippen molar-refractivity contribution < 1.29 is 9.59 Å². The lowest BCUT2D eigenvalue weighted by Gasteiger charge is -2.12. The topological polar surface area (TPSA) is 101 Å². The van der Waals surface area contributed by atoms with Gasteiger partial charge in [0.25, 0.3) is 5.91 Å². The Morgan fingerprint density at radius 3 is 2.82 bits per heavy atom. The number of nitrogen functional groups attached to an aromatic ring is 1. The Morgan fingerprint density at radius 1 is 1.53 bits per heavy atom. The molecule has 1 atom stereocenters. The zero-order valence-corrected chi connectivity index (χ0v) is 10.6. The molecule has 1 saturated heterocycles. The molecule has 3 N–H and O–H groups in total. The number of rotatable bonds is 2. The first-order valence-corrected chi connectivity index (χ1v) is 5.63. The lowest BCUT2D eigenvalue weighted by molar-refractivity contribution is -0.136. The van der Waals surface area contributed by atoms with Gasteiger partial charge in [0.2, 0.25) is 5.91 Å². The standard InChI is InChI=1S/C9H10BrN5O2/c1-15-5(16)2-4(9(15)17)14-8-6(10)7(11)12-3-13-8/h3-4H,2H2,1H3,(H3,11,12,13,14). The molecule has 0 saturated carbocycles. The van der Waals surface area contributed by atoms with Crippen molar-refractivity contribution in [1.82, 2.24) is 14.9 Å². The smallest absolute Gasteiger partial charge is 0.251 e. The minimum atomic E-state index is -0.599. The van der Waals surface area contributed by atoms with E-state index in [1.807, 2.05) is 0 Å². The highest BCUT2D eigenvalue weighted by Gasteiger charge is 2.36. The van der Waals surface area contributed by atoms with Crippen molar-refractivity contribution in [3.63, 3.8) is 0 Å². The second kappa shape index (κ2) is 4.28. The van der Waals surface area contributed by atoms with Gasteiger partial charge in [0.15, 0.2) is 0 Å². The first-order chi connectivity index (χ1) is 8.00. The number of anilines is 2. The number of amides is 2. The van der Waals surface area contributed by atoms with Gasteiger partial charge in [0.1, 0.15) is 28.5 Å². The number of carbonyl (C=O) groups is 2. The normalized spacial score (nSPS) is 19.9. The van der Waals surface area contributed by atoms with Crippen LogP contribution in [0.4, 0.5) is 11.6 Å². The van der Waals surface area contributed by atoms with E-state index in [1.165, 1.54) is 13.4 Å². The van der Waals surface area contributed by atoms with Crippen LogP contribution in [0.1, 0.15) is 6.42 Å². The summed E-state index contributed by atoms with van der Waals surface area (Å²) >= 11 is 3.22. The van der Waals surface area contributed by atoms with Crippen molar-refractivity contribution in [2.24, 2.45) is 0 Å². The number of nitrogens with one attached hydrogen (secondary N) is 1. The summed E-state index contributed by atoms with van der Waals surface area (Å²) in [7, 11) is 1.45. The number of hydrogen-bond acceptors (Lipinski definition) is 6. The van der Waals surface area contributed by atoms with Crippen molar-refractivity contribution >= 4 is 39.4 Å². The van der Waals surface area contributed by atoms with Crippen LogP contribution in [0.2, 0.25) is 0 Å². The molecule has 1 aliphatic rings. The third kappa shape index (κ3) is 2.07. The molecule has 1 aromatic heterocycles. The van der Waals surface area contributed by atoms with Gasteiger partial charge < -0.3 is 11.1 Å². The molecule has 0 radical (unpaired) electrons. The predicted molar refractivity (Wildman–Crippen MR) is 63.9 cm³/mol. The largest absolute Gasteiger partial charge is 0.383 e. The molecule has 1 fully saturated rings. The molecule has 8 heteroatoms. The van der Waals surface area contributed by atoms with Crippen molar-refractivity contribution in [2.45, 2.75) is 12.5 Å². The number of halogens is 1. The molecule has 1 unspecified atom stereocenters. The van der Waals surface area contributed by atoms with Gasteiger partial charge in [0.05, 0.1) is 6.42 Å². The lowest BCUT2D eigenvalue weighted by Crippen LogP contribution is -2.32. The van der Waals surface area contributed by atoms with Gasteiger partial charge in [-0.3, -0.25) is 14.5 Å². The molecular weight excluding hydrogens is 290 g/mol. The quantitative estimate of drug-likeness (QED) is 0.745. The van der Waals surface area contributed by atoms with Gasteiger partial charge >= 0.3 is 0 Å². The van der Waals surface area contributed by atoms with Crippen LogP contribution in [0, 0.1) is 0 Å². The van der Waals surface area contributed by atoms with E-state index in [0.717, 1.165) is 4.90 Å². The summed E-state index contributed by atoms with van der Waals surface area (Å²) in [4.78, 5) is 31.8. The summed E-state index contributed by atoms with van der Waals surface area (Å²) in [6, 6.07) is -0.599. The van der Waals surface area contributed by atoms with Crippen LogP contribution < -0.4 is 11.1 Å². The number of nitrogens with zero attached hydrogens (tertiary/aromatic N) is 3. The lowest BCUT2D eigenvalue weighted by atomic mass is 10.2. The maximum absolute atomic E-state index is 11.7. The molecular formula is C9H10BrN5O2. The van der Waals surface area contributed by atoms with Crippen LogP contribution in [0.25, 0.3) is 0 Å². The van der Waals surface area contributed by atoms with Crippen LogP contribution in [0.15, 0.2) is 10.8 Å². The molecule has 17 heavy (non-hydrogen) atoms. The average molecular weight is 300 g/mol. The van der Waals surface area contributed by atoms with Crippen molar-refractivity contribution in [1.29, 1.82) is 0 Å². The van der Waals surface area contributed by atoms with E-state index in [0.29, 0.717) is 10.3 Å². The van der Waals surface area contributed by atoms with Crippen LogP contribution in [-0.2, 0) is 9.59 Å². The number of imide groups is 1. The SMILES string of the molecule is CN1C(=O)CC(Nc2ncnc(N)c2Br)C1=O. The Morgan fingerprint density at radius 2 is 2.24 bits per heavy atom. The van der Waals surface area contributed by atoms with Crippen molar-refractivity contribution in [3.05, 3.63) is 10.8 Å². The summed E-state index contributed by atoms with van der Waals surface area (Å²) in [5.74, 6) is 0.177. The minimum absolute atomic E-state index is 0.117. The number of likely N-dealkylation sites (N-methyl/N-ethyl adjacent to an activating group) is 1. The van der Waals surface area contributed by atoms with Gasteiger partial charge in [-0.25, -0.2) is 9.97 Å². The summed E-state index contributed by atoms with van der Waals surface area (Å²) in [6.07, 6.45) is 1.40. The number of likely N-dealkylation sites (tertiary alicyclic amines) is 1. The van der Waals surface area contributed by atoms with E-state index < -0.39 is 6.04 Å². The summed E-state index contributed by atoms with van der Waals surface area (Å²) in [5.41, 5.74) is 5.58. The molecule has 0 spiro atoms. The fourth-order valence-electron chi connectivity index (χ4n) is 1.52. The predicted octanol–water partition coefficient (Wildman–Crippen LogP) is -0.00950. The fourth-order valence-corrected chi connectivity index (χ4v) is 1.84. The summed E-state index contributed by atoms with van der Waals surface area (Å²) in [6.45, 7) is 0. The Kier molecular flexibility index (Phi) is 2.97. The molecule has 2 amide bonds. The number of hydrogen-bond donors (Lipinski definition) is 2. The number of nitrogens with two attached hydrogens (primary N) is 1. The first kappa shape index (κ1) is 11.8. The first-order valence-electron chi connectivity index (χ1n) is 4.83. The second-order valence-electron chi connectivity index (χ2n) is 3.61. The van der Waals surface area contributed by atoms with Crippen molar-refractivity contribution in [3.8, 4) is 0 Å². The molecule has 0 bridgehead atoms. The molecule has 7 nitrogen and oxygen atoms in total. The maximum Gasteiger partial charge on any atom is 0.251 e. The molecule has 90 valence electrons. The van der Waals surface area contributed by atoms with Crippen molar-refractivity contribution in [2.75, 3.05) is 18.1 Å². The van der Waals surface area contributed by atoms with E-state index in [2.05, 4.69) is 31.2 Å². The average Bonchev–Trinajstić information content (AvgIpc) is 2.53. The Hall–Kier alpha value is -1.70.